The Labute approximate surface area is 109 Å². The van der Waals surface area contributed by atoms with Crippen molar-refractivity contribution in [3.63, 3.8) is 0 Å². The lowest BCUT2D eigenvalue weighted by Crippen LogP contribution is -2.23. The first kappa shape index (κ1) is 13.1. The number of esters is 1. The molecule has 1 aromatic rings. The monoisotopic (exact) mass is 247 g/mol. The lowest BCUT2D eigenvalue weighted by Gasteiger charge is -2.21. The van der Waals surface area contributed by atoms with Crippen LogP contribution in [0.4, 0.5) is 0 Å². The SMILES string of the molecule is CCCOC(=O)C(c1ccccn1)C1CCCC1. The minimum absolute atomic E-state index is 0.0950. The van der Waals surface area contributed by atoms with Gasteiger partial charge in [-0.25, -0.2) is 0 Å². The maximum Gasteiger partial charge on any atom is 0.315 e. The number of hydrogen-bond acceptors (Lipinski definition) is 3. The van der Waals surface area contributed by atoms with E-state index in [4.69, 9.17) is 4.74 Å². The van der Waals surface area contributed by atoms with Crippen LogP contribution in [0.5, 0.6) is 0 Å². The zero-order valence-electron chi connectivity index (χ0n) is 11.0. The van der Waals surface area contributed by atoms with Crippen molar-refractivity contribution in [1.29, 1.82) is 0 Å². The quantitative estimate of drug-likeness (QED) is 0.749. The van der Waals surface area contributed by atoms with Crippen molar-refractivity contribution in [3.8, 4) is 0 Å². The van der Waals surface area contributed by atoms with Gasteiger partial charge in [0, 0.05) is 6.20 Å². The molecule has 0 aliphatic heterocycles. The van der Waals surface area contributed by atoms with Crippen LogP contribution in [0, 0.1) is 5.92 Å². The summed E-state index contributed by atoms with van der Waals surface area (Å²) >= 11 is 0. The lowest BCUT2D eigenvalue weighted by atomic mass is 9.88. The molecule has 0 aromatic carbocycles. The number of nitrogens with zero attached hydrogens (tertiary/aromatic N) is 1. The summed E-state index contributed by atoms with van der Waals surface area (Å²) in [4.78, 5) is 16.6. The predicted octanol–water partition coefficient (Wildman–Crippen LogP) is 3.31. The van der Waals surface area contributed by atoms with Gasteiger partial charge in [0.05, 0.1) is 12.3 Å². The molecule has 0 N–H and O–H groups in total. The summed E-state index contributed by atoms with van der Waals surface area (Å²) in [7, 11) is 0. The second-order valence-electron chi connectivity index (χ2n) is 4.94. The van der Waals surface area contributed by atoms with Crippen LogP contribution in [-0.2, 0) is 9.53 Å². The molecular formula is C15H21NO2. The summed E-state index contributed by atoms with van der Waals surface area (Å²) < 4.78 is 5.34. The number of aromatic nitrogens is 1. The van der Waals surface area contributed by atoms with Gasteiger partial charge in [0.15, 0.2) is 0 Å². The standard InChI is InChI=1S/C15H21NO2/c1-2-11-18-15(17)14(12-7-3-4-8-12)13-9-5-6-10-16-13/h5-6,9-10,12,14H,2-4,7-8,11H2,1H3. The first-order chi connectivity index (χ1) is 8.83. The molecule has 18 heavy (non-hydrogen) atoms. The second kappa shape index (κ2) is 6.53. The molecule has 1 aliphatic carbocycles. The molecular weight excluding hydrogens is 226 g/mol. The van der Waals surface area contributed by atoms with Crippen molar-refractivity contribution in [2.45, 2.75) is 44.9 Å². The Morgan fingerprint density at radius 1 is 1.44 bits per heavy atom. The van der Waals surface area contributed by atoms with Crippen LogP contribution < -0.4 is 0 Å². The van der Waals surface area contributed by atoms with Crippen LogP contribution in [0.15, 0.2) is 24.4 Å². The van der Waals surface area contributed by atoms with Crippen molar-refractivity contribution in [3.05, 3.63) is 30.1 Å². The molecule has 0 radical (unpaired) electrons. The molecule has 3 heteroatoms. The minimum atomic E-state index is -0.166. The molecule has 0 bridgehead atoms. The van der Waals surface area contributed by atoms with E-state index in [9.17, 15) is 4.79 Å². The largest absolute Gasteiger partial charge is 0.465 e. The number of carbonyl (C=O) groups is 1. The zero-order chi connectivity index (χ0) is 12.8. The van der Waals surface area contributed by atoms with Gasteiger partial charge in [0.2, 0.25) is 0 Å². The maximum atomic E-state index is 12.2. The number of pyridine rings is 1. The minimum Gasteiger partial charge on any atom is -0.465 e. The van der Waals surface area contributed by atoms with E-state index in [2.05, 4.69) is 4.98 Å². The topological polar surface area (TPSA) is 39.2 Å². The van der Waals surface area contributed by atoms with Gasteiger partial charge >= 0.3 is 5.97 Å². The van der Waals surface area contributed by atoms with Crippen LogP contribution >= 0.6 is 0 Å². The molecule has 98 valence electrons. The van der Waals surface area contributed by atoms with Crippen LogP contribution in [-0.4, -0.2) is 17.6 Å². The summed E-state index contributed by atoms with van der Waals surface area (Å²) in [6.07, 6.45) is 7.28. The second-order valence-corrected chi connectivity index (χ2v) is 4.94. The summed E-state index contributed by atoms with van der Waals surface area (Å²) in [5.41, 5.74) is 0.866. The first-order valence-electron chi connectivity index (χ1n) is 6.90. The fraction of sp³-hybridized carbons (Fsp3) is 0.600. The zero-order valence-corrected chi connectivity index (χ0v) is 11.0. The molecule has 1 aliphatic rings. The van der Waals surface area contributed by atoms with Gasteiger partial charge in [-0.1, -0.05) is 25.8 Å². The summed E-state index contributed by atoms with van der Waals surface area (Å²) in [6, 6.07) is 5.76. The maximum absolute atomic E-state index is 12.2. The van der Waals surface area contributed by atoms with Gasteiger partial charge in [-0.3, -0.25) is 9.78 Å². The molecule has 3 nitrogen and oxygen atoms in total. The van der Waals surface area contributed by atoms with Crippen LogP contribution in [0.1, 0.15) is 50.6 Å². The summed E-state index contributed by atoms with van der Waals surface area (Å²) in [5, 5.41) is 0. The highest BCUT2D eigenvalue weighted by molar-refractivity contribution is 5.78. The molecule has 1 fully saturated rings. The number of hydrogen-bond donors (Lipinski definition) is 0. The highest BCUT2D eigenvalue weighted by Crippen LogP contribution is 2.37. The molecule has 1 atom stereocenters. The molecule has 1 saturated carbocycles. The Bertz CT molecular complexity index is 371. The Morgan fingerprint density at radius 3 is 2.83 bits per heavy atom. The van der Waals surface area contributed by atoms with Gasteiger partial charge in [0.1, 0.15) is 5.92 Å². The van der Waals surface area contributed by atoms with Gasteiger partial charge in [-0.15, -0.1) is 0 Å². The number of ether oxygens (including phenoxy) is 1. The fourth-order valence-electron chi connectivity index (χ4n) is 2.70. The van der Waals surface area contributed by atoms with E-state index in [0.29, 0.717) is 12.5 Å². The molecule has 1 unspecified atom stereocenters. The summed E-state index contributed by atoms with van der Waals surface area (Å²) in [6.45, 7) is 2.52. The molecule has 2 rings (SSSR count). The Hall–Kier alpha value is -1.38. The van der Waals surface area contributed by atoms with E-state index >= 15 is 0 Å². The van der Waals surface area contributed by atoms with Crippen LogP contribution in [0.25, 0.3) is 0 Å². The van der Waals surface area contributed by atoms with Gasteiger partial charge in [-0.2, -0.15) is 0 Å². The molecule has 1 heterocycles. The van der Waals surface area contributed by atoms with Crippen LogP contribution in [0.3, 0.4) is 0 Å². The van der Waals surface area contributed by atoms with Gasteiger partial charge in [0.25, 0.3) is 0 Å². The van der Waals surface area contributed by atoms with E-state index in [1.54, 1.807) is 6.20 Å². The third-order valence-electron chi connectivity index (χ3n) is 3.58. The van der Waals surface area contributed by atoms with E-state index in [-0.39, 0.29) is 11.9 Å². The number of carbonyl (C=O) groups excluding carboxylic acids is 1. The molecule has 0 spiro atoms. The smallest absolute Gasteiger partial charge is 0.315 e. The van der Waals surface area contributed by atoms with Crippen molar-refractivity contribution < 1.29 is 9.53 Å². The van der Waals surface area contributed by atoms with Gasteiger partial charge < -0.3 is 4.74 Å². The molecule has 1 aromatic heterocycles. The first-order valence-corrected chi connectivity index (χ1v) is 6.90. The molecule has 0 saturated heterocycles. The van der Waals surface area contributed by atoms with Crippen molar-refractivity contribution in [2.24, 2.45) is 5.92 Å². The Morgan fingerprint density at radius 2 is 2.22 bits per heavy atom. The van der Waals surface area contributed by atoms with Crippen molar-refractivity contribution in [2.75, 3.05) is 6.61 Å². The normalized spacial score (nSPS) is 17.6. The highest BCUT2D eigenvalue weighted by atomic mass is 16.5. The number of rotatable bonds is 5. The van der Waals surface area contributed by atoms with Gasteiger partial charge in [-0.05, 0) is 37.3 Å². The van der Waals surface area contributed by atoms with Crippen molar-refractivity contribution >= 4 is 5.97 Å². The third kappa shape index (κ3) is 3.09. The lowest BCUT2D eigenvalue weighted by molar-refractivity contribution is -0.147. The molecule has 0 amide bonds. The fourth-order valence-corrected chi connectivity index (χ4v) is 2.70. The average Bonchev–Trinajstić information content (AvgIpc) is 2.92. The van der Waals surface area contributed by atoms with E-state index in [0.717, 1.165) is 25.0 Å². The van der Waals surface area contributed by atoms with E-state index < -0.39 is 0 Å². The average molecular weight is 247 g/mol. The Kier molecular flexibility index (Phi) is 4.73. The van der Waals surface area contributed by atoms with Crippen molar-refractivity contribution in [1.82, 2.24) is 4.98 Å². The Balaban J connectivity index is 2.14. The summed E-state index contributed by atoms with van der Waals surface area (Å²) in [5.74, 6) is 0.145. The third-order valence-corrected chi connectivity index (χ3v) is 3.58. The van der Waals surface area contributed by atoms with E-state index in [1.807, 2.05) is 25.1 Å². The van der Waals surface area contributed by atoms with E-state index in [1.165, 1.54) is 12.8 Å². The predicted molar refractivity (Wildman–Crippen MR) is 70.2 cm³/mol. The van der Waals surface area contributed by atoms with Crippen LogP contribution in [0.2, 0.25) is 0 Å². The highest BCUT2D eigenvalue weighted by Gasteiger charge is 2.33.